The molecule has 0 atom stereocenters. The highest BCUT2D eigenvalue weighted by atomic mass is 127. The summed E-state index contributed by atoms with van der Waals surface area (Å²) in [7, 11) is 8.22. The van der Waals surface area contributed by atoms with E-state index in [1.807, 2.05) is 0 Å². The monoisotopic (exact) mass is 339 g/mol. The fourth-order valence-corrected chi connectivity index (χ4v) is 2.22. The van der Waals surface area contributed by atoms with E-state index < -0.39 is 0 Å². The summed E-state index contributed by atoms with van der Waals surface area (Å²) in [5.41, 5.74) is 0.525. The standard InChI is InChI=1S/C12H25N3.HI/c1-6-12(8-7-9-12)10-13-11(14(2)3)15(4)5;/h6-10H2,1-5H3;1H. The molecule has 1 fully saturated rings. The predicted molar refractivity (Wildman–Crippen MR) is 81.7 cm³/mol. The molecule has 1 saturated carbocycles. The molecular weight excluding hydrogens is 313 g/mol. The van der Waals surface area contributed by atoms with Crippen LogP contribution in [0.4, 0.5) is 0 Å². The first kappa shape index (κ1) is 16.0. The van der Waals surface area contributed by atoms with Crippen molar-refractivity contribution in [3.05, 3.63) is 0 Å². The third-order valence-electron chi connectivity index (χ3n) is 3.52. The lowest BCUT2D eigenvalue weighted by molar-refractivity contribution is 0.138. The molecule has 0 aromatic heterocycles. The summed E-state index contributed by atoms with van der Waals surface area (Å²) in [6, 6.07) is 0. The van der Waals surface area contributed by atoms with Crippen LogP contribution in [0.3, 0.4) is 0 Å². The molecular formula is C12H26IN3. The lowest BCUT2D eigenvalue weighted by atomic mass is 9.67. The molecule has 3 nitrogen and oxygen atoms in total. The molecule has 0 aliphatic heterocycles. The highest BCUT2D eigenvalue weighted by Gasteiger charge is 2.34. The molecule has 1 aliphatic carbocycles. The molecule has 1 rings (SSSR count). The van der Waals surface area contributed by atoms with E-state index in [1.54, 1.807) is 0 Å². The highest BCUT2D eigenvalue weighted by Crippen LogP contribution is 2.43. The van der Waals surface area contributed by atoms with E-state index >= 15 is 0 Å². The van der Waals surface area contributed by atoms with Crippen LogP contribution in [0.1, 0.15) is 32.6 Å². The summed E-state index contributed by atoms with van der Waals surface area (Å²) < 4.78 is 0. The molecule has 0 bridgehead atoms. The molecule has 0 amide bonds. The molecule has 0 heterocycles. The Morgan fingerprint density at radius 1 is 1.12 bits per heavy atom. The van der Waals surface area contributed by atoms with Crippen molar-refractivity contribution in [2.75, 3.05) is 34.7 Å². The zero-order chi connectivity index (χ0) is 11.5. The summed E-state index contributed by atoms with van der Waals surface area (Å²) in [6.45, 7) is 3.29. The molecule has 16 heavy (non-hydrogen) atoms. The van der Waals surface area contributed by atoms with E-state index in [1.165, 1.54) is 25.7 Å². The predicted octanol–water partition coefficient (Wildman–Crippen LogP) is 2.66. The summed E-state index contributed by atoms with van der Waals surface area (Å²) in [5, 5.41) is 0. The van der Waals surface area contributed by atoms with Crippen molar-refractivity contribution in [2.45, 2.75) is 32.6 Å². The summed E-state index contributed by atoms with van der Waals surface area (Å²) in [4.78, 5) is 8.93. The average Bonchev–Trinajstić information content (AvgIpc) is 2.08. The Hall–Kier alpha value is 0. The van der Waals surface area contributed by atoms with Crippen LogP contribution < -0.4 is 0 Å². The number of rotatable bonds is 3. The Kier molecular flexibility index (Phi) is 6.67. The molecule has 0 aromatic carbocycles. The molecule has 1 aliphatic rings. The molecule has 0 unspecified atom stereocenters. The van der Waals surface area contributed by atoms with Crippen molar-refractivity contribution in [1.29, 1.82) is 0 Å². The summed E-state index contributed by atoms with van der Waals surface area (Å²) in [5.74, 6) is 1.08. The van der Waals surface area contributed by atoms with Gasteiger partial charge in [0.25, 0.3) is 0 Å². The first-order valence-corrected chi connectivity index (χ1v) is 5.90. The minimum atomic E-state index is 0. The van der Waals surface area contributed by atoms with Gasteiger partial charge in [0.15, 0.2) is 5.96 Å². The molecule has 0 N–H and O–H groups in total. The van der Waals surface area contributed by atoms with Gasteiger partial charge in [0.05, 0.1) is 0 Å². The third kappa shape index (κ3) is 3.79. The van der Waals surface area contributed by atoms with Crippen LogP contribution in [0.15, 0.2) is 4.99 Å². The fraction of sp³-hybridized carbons (Fsp3) is 0.917. The number of guanidine groups is 1. The minimum Gasteiger partial charge on any atom is -0.349 e. The van der Waals surface area contributed by atoms with Crippen molar-refractivity contribution in [2.24, 2.45) is 10.4 Å². The van der Waals surface area contributed by atoms with Gasteiger partial charge in [0, 0.05) is 34.7 Å². The maximum absolute atomic E-state index is 4.76. The topological polar surface area (TPSA) is 18.8 Å². The maximum atomic E-state index is 4.76. The van der Waals surface area contributed by atoms with Crippen LogP contribution in [-0.4, -0.2) is 50.5 Å². The van der Waals surface area contributed by atoms with Crippen LogP contribution in [0.25, 0.3) is 0 Å². The van der Waals surface area contributed by atoms with E-state index in [2.05, 4.69) is 44.9 Å². The molecule has 0 spiro atoms. The quantitative estimate of drug-likeness (QED) is 0.447. The van der Waals surface area contributed by atoms with Crippen LogP contribution in [0, 0.1) is 5.41 Å². The first-order chi connectivity index (χ1) is 7.01. The van der Waals surface area contributed by atoms with E-state index in [0.717, 1.165) is 12.5 Å². The first-order valence-electron chi connectivity index (χ1n) is 5.90. The summed E-state index contributed by atoms with van der Waals surface area (Å²) in [6.07, 6.45) is 5.38. The summed E-state index contributed by atoms with van der Waals surface area (Å²) >= 11 is 0. The number of halogens is 1. The van der Waals surface area contributed by atoms with Gasteiger partial charge in [-0.25, -0.2) is 0 Å². The van der Waals surface area contributed by atoms with Gasteiger partial charge >= 0.3 is 0 Å². The minimum absolute atomic E-state index is 0. The number of hydrogen-bond acceptors (Lipinski definition) is 1. The van der Waals surface area contributed by atoms with Crippen molar-refractivity contribution in [3.8, 4) is 0 Å². The Balaban J connectivity index is 0.00000225. The van der Waals surface area contributed by atoms with Gasteiger partial charge in [-0.05, 0) is 24.7 Å². The van der Waals surface area contributed by atoms with Crippen LogP contribution in [0.5, 0.6) is 0 Å². The second-order valence-electron chi connectivity index (χ2n) is 5.11. The SMILES string of the molecule is CCC1(CN=C(N(C)C)N(C)C)CCC1.I. The zero-order valence-electron chi connectivity index (χ0n) is 11.3. The number of nitrogens with zero attached hydrogens (tertiary/aromatic N) is 3. The smallest absolute Gasteiger partial charge is 0.195 e. The average molecular weight is 339 g/mol. The Bertz CT molecular complexity index is 217. The molecule has 4 heteroatoms. The van der Waals surface area contributed by atoms with Crippen LogP contribution in [0.2, 0.25) is 0 Å². The fourth-order valence-electron chi connectivity index (χ4n) is 2.22. The van der Waals surface area contributed by atoms with Gasteiger partial charge < -0.3 is 9.80 Å². The molecule has 0 aromatic rings. The zero-order valence-corrected chi connectivity index (χ0v) is 13.6. The van der Waals surface area contributed by atoms with E-state index in [-0.39, 0.29) is 24.0 Å². The highest BCUT2D eigenvalue weighted by molar-refractivity contribution is 14.0. The van der Waals surface area contributed by atoms with Crippen molar-refractivity contribution >= 4 is 29.9 Å². The Morgan fingerprint density at radius 3 is 1.88 bits per heavy atom. The van der Waals surface area contributed by atoms with Gasteiger partial charge in [-0.15, -0.1) is 24.0 Å². The Morgan fingerprint density at radius 2 is 1.62 bits per heavy atom. The lowest BCUT2D eigenvalue weighted by Gasteiger charge is -2.40. The van der Waals surface area contributed by atoms with Gasteiger partial charge in [-0.3, -0.25) is 4.99 Å². The molecule has 96 valence electrons. The number of aliphatic imine (C=N–C) groups is 1. The lowest BCUT2D eigenvalue weighted by Crippen LogP contribution is -2.38. The van der Waals surface area contributed by atoms with Gasteiger partial charge in [0.2, 0.25) is 0 Å². The second-order valence-corrected chi connectivity index (χ2v) is 5.11. The maximum Gasteiger partial charge on any atom is 0.195 e. The van der Waals surface area contributed by atoms with Gasteiger partial charge in [0.1, 0.15) is 0 Å². The molecule has 0 radical (unpaired) electrons. The molecule has 0 saturated heterocycles. The van der Waals surface area contributed by atoms with E-state index in [4.69, 9.17) is 4.99 Å². The largest absolute Gasteiger partial charge is 0.349 e. The van der Waals surface area contributed by atoms with Gasteiger partial charge in [-0.1, -0.05) is 13.3 Å². The van der Waals surface area contributed by atoms with Crippen molar-refractivity contribution in [1.82, 2.24) is 9.80 Å². The van der Waals surface area contributed by atoms with Gasteiger partial charge in [-0.2, -0.15) is 0 Å². The normalized spacial score (nSPS) is 16.8. The van der Waals surface area contributed by atoms with Crippen molar-refractivity contribution < 1.29 is 0 Å². The van der Waals surface area contributed by atoms with E-state index in [0.29, 0.717) is 5.41 Å². The Labute approximate surface area is 117 Å². The van der Waals surface area contributed by atoms with E-state index in [9.17, 15) is 0 Å². The van der Waals surface area contributed by atoms with Crippen LogP contribution in [-0.2, 0) is 0 Å². The van der Waals surface area contributed by atoms with Crippen molar-refractivity contribution in [3.63, 3.8) is 0 Å². The van der Waals surface area contributed by atoms with Crippen LogP contribution >= 0.6 is 24.0 Å². The second kappa shape index (κ2) is 6.67. The third-order valence-corrected chi connectivity index (χ3v) is 3.52. The number of hydrogen-bond donors (Lipinski definition) is 0.